The highest BCUT2D eigenvalue weighted by Crippen LogP contribution is 2.46. The summed E-state index contributed by atoms with van der Waals surface area (Å²) in [6.45, 7) is 0.0666. The lowest BCUT2D eigenvalue weighted by Crippen LogP contribution is -2.52. The normalized spacial score (nSPS) is 17.4. The fourth-order valence-electron chi connectivity index (χ4n) is 9.01. The molecule has 6 aromatic rings. The van der Waals surface area contributed by atoms with Crippen LogP contribution in [0.1, 0.15) is 47.9 Å². The molecule has 4 aromatic carbocycles. The van der Waals surface area contributed by atoms with Crippen molar-refractivity contribution in [1.82, 2.24) is 18.9 Å². The lowest BCUT2D eigenvalue weighted by Gasteiger charge is -2.38. The molecule has 8 rings (SSSR count). The van der Waals surface area contributed by atoms with Crippen LogP contribution in [0.2, 0.25) is 0 Å². The average molecular weight is 945 g/mol. The summed E-state index contributed by atoms with van der Waals surface area (Å²) < 4.78 is 89.5. The minimum atomic E-state index is -4.99. The van der Waals surface area contributed by atoms with E-state index < -0.39 is 46.5 Å². The van der Waals surface area contributed by atoms with E-state index in [0.29, 0.717) is 25.7 Å². The molecule has 356 valence electrons. The number of alkyl halides is 6. The first-order valence-electron chi connectivity index (χ1n) is 21.7. The summed E-state index contributed by atoms with van der Waals surface area (Å²) >= 11 is 0. The van der Waals surface area contributed by atoms with Crippen molar-refractivity contribution >= 4 is 33.2 Å². The zero-order valence-corrected chi connectivity index (χ0v) is 36.4. The number of likely N-dealkylation sites (tertiary alicyclic amines) is 2. The molecule has 0 amide bonds. The van der Waals surface area contributed by atoms with E-state index in [2.05, 4.69) is 12.1 Å². The number of rotatable bonds is 12. The fraction of sp³-hybridized carbons (Fsp3) is 0.375. The van der Waals surface area contributed by atoms with E-state index in [1.165, 1.54) is 55.6 Å². The number of nitro benzene ring substituents is 2. The molecule has 0 radical (unpaired) electrons. The predicted octanol–water partition coefficient (Wildman–Crippen LogP) is 9.17. The van der Waals surface area contributed by atoms with Crippen molar-refractivity contribution in [2.45, 2.75) is 62.3 Å². The zero-order chi connectivity index (χ0) is 49.0. The van der Waals surface area contributed by atoms with Crippen molar-refractivity contribution in [2.24, 2.45) is 11.8 Å². The van der Waals surface area contributed by atoms with E-state index in [0.717, 1.165) is 23.3 Å². The number of β-amino-alcohol motifs (C(OH)–C–C–N with tert-alkyl or cyclic N) is 2. The Bertz CT molecular complexity index is 2650. The summed E-state index contributed by atoms with van der Waals surface area (Å²) in [6.07, 6.45) is -5.75. The first-order valence-corrected chi connectivity index (χ1v) is 21.7. The van der Waals surface area contributed by atoms with Crippen molar-refractivity contribution in [2.75, 3.05) is 39.3 Å². The maximum atomic E-state index is 14.4. The highest BCUT2D eigenvalue weighted by atomic mass is 19.4. The monoisotopic (exact) mass is 944 g/mol. The number of hydrogen-bond donors (Lipinski definition) is 2. The summed E-state index contributed by atoms with van der Waals surface area (Å²) in [4.78, 5) is 24.5. The zero-order valence-electron chi connectivity index (χ0n) is 36.4. The van der Waals surface area contributed by atoms with Gasteiger partial charge in [0.15, 0.2) is 0 Å². The van der Waals surface area contributed by atoms with Crippen molar-refractivity contribution < 1.29 is 46.4 Å². The number of hydrogen-bond acceptors (Lipinski definition) is 10. The highest BCUT2D eigenvalue weighted by Gasteiger charge is 2.58. The van der Waals surface area contributed by atoms with Crippen molar-refractivity contribution in [1.29, 1.82) is 10.5 Å². The number of aromatic nitrogens is 2. The van der Waals surface area contributed by atoms with E-state index in [1.807, 2.05) is 12.1 Å². The van der Waals surface area contributed by atoms with Crippen LogP contribution in [0, 0.1) is 54.7 Å². The van der Waals surface area contributed by atoms with E-state index in [1.54, 1.807) is 48.5 Å². The number of non-ortho nitro benzene ring substituents is 2. The van der Waals surface area contributed by atoms with E-state index in [-0.39, 0.29) is 95.4 Å². The smallest absolute Gasteiger partial charge is 0.375 e. The van der Waals surface area contributed by atoms with Gasteiger partial charge in [-0.3, -0.25) is 30.0 Å². The molecule has 14 nitrogen and oxygen atoms in total. The van der Waals surface area contributed by atoms with Gasteiger partial charge in [0.05, 0.1) is 33.0 Å². The van der Waals surface area contributed by atoms with Crippen LogP contribution in [-0.4, -0.2) is 90.6 Å². The van der Waals surface area contributed by atoms with Crippen molar-refractivity contribution in [3.05, 3.63) is 152 Å². The molecule has 2 saturated heterocycles. The molecule has 2 aliphatic heterocycles. The number of benzene rings is 4. The molecule has 0 bridgehead atoms. The van der Waals surface area contributed by atoms with Crippen LogP contribution in [0.3, 0.4) is 0 Å². The maximum Gasteiger partial charge on any atom is 0.422 e. The Hall–Kier alpha value is -6.84. The molecule has 2 aromatic heterocycles. The van der Waals surface area contributed by atoms with Gasteiger partial charge >= 0.3 is 12.4 Å². The van der Waals surface area contributed by atoms with E-state index >= 15 is 0 Å². The number of piperidine rings is 2. The first-order chi connectivity index (χ1) is 32.2. The molecule has 2 fully saturated rings. The van der Waals surface area contributed by atoms with Crippen LogP contribution in [0.4, 0.5) is 37.7 Å². The number of nitrogens with zero attached hydrogens (tertiary/aromatic N) is 8. The lowest BCUT2D eigenvalue weighted by atomic mass is 9.90. The number of nitro groups is 2. The van der Waals surface area contributed by atoms with Crippen LogP contribution >= 0.6 is 0 Å². The number of fused-ring (bicyclic) bond motifs is 2. The van der Waals surface area contributed by atoms with Gasteiger partial charge in [0.25, 0.3) is 11.4 Å². The molecular weight excluding hydrogens is 899 g/mol. The number of halogens is 6. The SMILES string of the molecule is N#CC1CCN(CC(O)(c2cn(Cc3ccccc3)c3cc([N+](=O)[O-])ccc23)C(F)(F)F)CC1.N#CC1CCN(CC(O)(c2cn(Cc3ccccc3)c3cc([N+](=O)[O-])ccc23)C(F)(F)F)CC1. The Labute approximate surface area is 385 Å². The molecule has 0 spiro atoms. The number of aliphatic hydroxyl groups is 2. The van der Waals surface area contributed by atoms with Gasteiger partial charge in [-0.15, -0.1) is 0 Å². The Morgan fingerprint density at radius 3 is 1.21 bits per heavy atom. The second-order valence-electron chi connectivity index (χ2n) is 17.3. The summed E-state index contributed by atoms with van der Waals surface area (Å²) in [6, 6.07) is 29.6. The molecule has 0 saturated carbocycles. The third-order valence-electron chi connectivity index (χ3n) is 12.8. The second-order valence-corrected chi connectivity index (χ2v) is 17.3. The topological polar surface area (TPSA) is 191 Å². The van der Waals surface area contributed by atoms with Gasteiger partial charge in [-0.05, 0) is 75.1 Å². The molecule has 2 unspecified atom stereocenters. The standard InChI is InChI=1S/2C24H23F3N4O3/c2*25-24(26,27)23(32,16-29-10-8-17(13-28)9-11-29)21-15-30(14-18-4-2-1-3-5-18)22-12-19(31(33)34)6-7-20(21)22/h2*1-7,12,15,17,32H,8-11,14,16H2. The third kappa shape index (κ3) is 10.3. The maximum absolute atomic E-state index is 14.4. The summed E-state index contributed by atoms with van der Waals surface area (Å²) in [5.41, 5.74) is -5.50. The number of nitriles is 2. The Balaban J connectivity index is 0.000000201. The van der Waals surface area contributed by atoms with Gasteiger partial charge in [0, 0.05) is 96.6 Å². The van der Waals surface area contributed by atoms with Gasteiger partial charge in [-0.1, -0.05) is 60.7 Å². The third-order valence-corrected chi connectivity index (χ3v) is 12.8. The quantitative estimate of drug-likeness (QED) is 0.0680. The van der Waals surface area contributed by atoms with E-state index in [9.17, 15) is 56.8 Å². The minimum absolute atomic E-state index is 0.105. The van der Waals surface area contributed by atoms with Crippen LogP contribution in [-0.2, 0) is 24.3 Å². The summed E-state index contributed by atoms with van der Waals surface area (Å²) in [7, 11) is 0. The molecule has 2 N–H and O–H groups in total. The highest BCUT2D eigenvalue weighted by molar-refractivity contribution is 5.88. The molecule has 4 heterocycles. The summed E-state index contributed by atoms with van der Waals surface area (Å²) in [5.74, 6) is -0.410. The van der Waals surface area contributed by atoms with E-state index in [4.69, 9.17) is 10.5 Å². The molecular formula is C48H46F6N8O6. The molecule has 0 aliphatic carbocycles. The predicted molar refractivity (Wildman–Crippen MR) is 238 cm³/mol. The van der Waals surface area contributed by atoms with Gasteiger partial charge in [0.2, 0.25) is 11.2 Å². The molecule has 68 heavy (non-hydrogen) atoms. The Morgan fingerprint density at radius 2 is 0.912 bits per heavy atom. The van der Waals surface area contributed by atoms with Crippen LogP contribution in [0.5, 0.6) is 0 Å². The first kappa shape index (κ1) is 49.1. The van der Waals surface area contributed by atoms with Gasteiger partial charge in [0.1, 0.15) is 0 Å². The van der Waals surface area contributed by atoms with Gasteiger partial charge in [-0.2, -0.15) is 36.9 Å². The summed E-state index contributed by atoms with van der Waals surface area (Å²) in [5, 5.41) is 63.4. The minimum Gasteiger partial charge on any atom is -0.375 e. The van der Waals surface area contributed by atoms with Gasteiger partial charge < -0.3 is 19.3 Å². The second kappa shape index (κ2) is 19.8. The van der Waals surface area contributed by atoms with Crippen molar-refractivity contribution in [3.63, 3.8) is 0 Å². The van der Waals surface area contributed by atoms with Crippen LogP contribution in [0.15, 0.2) is 109 Å². The average Bonchev–Trinajstić information content (AvgIpc) is 3.87. The largest absolute Gasteiger partial charge is 0.422 e. The molecule has 2 aliphatic rings. The van der Waals surface area contributed by atoms with Crippen LogP contribution in [0.25, 0.3) is 21.8 Å². The lowest BCUT2D eigenvalue weighted by molar-refractivity contribution is -0.384. The fourth-order valence-corrected chi connectivity index (χ4v) is 9.01. The molecule has 20 heteroatoms. The molecule has 2 atom stereocenters. The Kier molecular flexibility index (Phi) is 14.3. The van der Waals surface area contributed by atoms with Crippen LogP contribution < -0.4 is 0 Å². The van der Waals surface area contributed by atoms with Crippen molar-refractivity contribution in [3.8, 4) is 12.1 Å². The van der Waals surface area contributed by atoms with Gasteiger partial charge in [-0.25, -0.2) is 0 Å². The Morgan fingerprint density at radius 1 is 0.574 bits per heavy atom.